The molecule has 32 heavy (non-hydrogen) atoms. The van der Waals surface area contributed by atoms with Crippen LogP contribution in [0.3, 0.4) is 0 Å². The first-order chi connectivity index (χ1) is 14.8. The monoisotopic (exact) mass is 453 g/mol. The Bertz CT molecular complexity index is 966. The summed E-state index contributed by atoms with van der Waals surface area (Å²) in [7, 11) is 0. The minimum absolute atomic E-state index is 0.0740. The van der Waals surface area contributed by atoms with Crippen LogP contribution in [0.4, 0.5) is 23.8 Å². The Kier molecular flexibility index (Phi) is 6.83. The molecule has 2 aromatic rings. The molecule has 1 aromatic carbocycles. The standard InChI is InChI=1S/C22H30F3N5O2/c1-14(13-29-9-11-30(12-10-29)20(31)32-21(3,4)5)26-19-16-7-6-8-17(22(23,24)25)18(16)27-15(2)28-19/h6-8,14H,9-13H2,1-5H3,(H,26,27,28)/t14-/m0/s1. The summed E-state index contributed by atoms with van der Waals surface area (Å²) in [5, 5.41) is 3.59. The van der Waals surface area contributed by atoms with Crippen molar-refractivity contribution in [1.29, 1.82) is 0 Å². The molecule has 1 fully saturated rings. The third kappa shape index (κ3) is 5.99. The summed E-state index contributed by atoms with van der Waals surface area (Å²) in [4.78, 5) is 24.5. The van der Waals surface area contributed by atoms with E-state index < -0.39 is 17.3 Å². The van der Waals surface area contributed by atoms with E-state index in [-0.39, 0.29) is 23.5 Å². The van der Waals surface area contributed by atoms with Crippen molar-refractivity contribution in [3.63, 3.8) is 0 Å². The average Bonchev–Trinajstić information content (AvgIpc) is 2.65. The van der Waals surface area contributed by atoms with Crippen LogP contribution in [-0.2, 0) is 10.9 Å². The van der Waals surface area contributed by atoms with Gasteiger partial charge in [0, 0.05) is 44.2 Å². The first-order valence-electron chi connectivity index (χ1n) is 10.6. The zero-order valence-electron chi connectivity index (χ0n) is 19.1. The smallest absolute Gasteiger partial charge is 0.418 e. The van der Waals surface area contributed by atoms with Gasteiger partial charge in [-0.05, 0) is 46.8 Å². The molecule has 0 aliphatic carbocycles. The number of nitrogens with one attached hydrogen (secondary N) is 1. The van der Waals surface area contributed by atoms with Crippen molar-refractivity contribution < 1.29 is 22.7 Å². The number of halogens is 3. The zero-order valence-corrected chi connectivity index (χ0v) is 19.1. The number of rotatable bonds is 4. The van der Waals surface area contributed by atoms with E-state index in [4.69, 9.17) is 4.74 Å². The normalized spacial score (nSPS) is 16.8. The van der Waals surface area contributed by atoms with Crippen LogP contribution in [0.5, 0.6) is 0 Å². The average molecular weight is 454 g/mol. The SMILES string of the molecule is Cc1nc(N[C@@H](C)CN2CCN(C(=O)OC(C)(C)C)CC2)c2cccc(C(F)(F)F)c2n1. The number of aryl methyl sites for hydroxylation is 1. The third-order valence-electron chi connectivity index (χ3n) is 5.08. The topological polar surface area (TPSA) is 70.6 Å². The van der Waals surface area contributed by atoms with Crippen LogP contribution in [0.2, 0.25) is 0 Å². The number of carbonyl (C=O) groups is 1. The molecular formula is C22H30F3N5O2. The van der Waals surface area contributed by atoms with Gasteiger partial charge in [-0.2, -0.15) is 13.2 Å². The third-order valence-corrected chi connectivity index (χ3v) is 5.08. The molecule has 10 heteroatoms. The molecule has 1 saturated heterocycles. The number of para-hydroxylation sites is 1. The lowest BCUT2D eigenvalue weighted by Gasteiger charge is -2.36. The van der Waals surface area contributed by atoms with Crippen molar-refractivity contribution in [3.05, 3.63) is 29.6 Å². The van der Waals surface area contributed by atoms with E-state index >= 15 is 0 Å². The number of anilines is 1. The predicted molar refractivity (Wildman–Crippen MR) is 117 cm³/mol. The van der Waals surface area contributed by atoms with Crippen LogP contribution in [0.15, 0.2) is 18.2 Å². The van der Waals surface area contributed by atoms with Crippen LogP contribution >= 0.6 is 0 Å². The van der Waals surface area contributed by atoms with Crippen molar-refractivity contribution in [1.82, 2.24) is 19.8 Å². The lowest BCUT2D eigenvalue weighted by atomic mass is 10.1. The number of ether oxygens (including phenoxy) is 1. The van der Waals surface area contributed by atoms with Crippen molar-refractivity contribution in [3.8, 4) is 0 Å². The molecule has 176 valence electrons. The van der Waals surface area contributed by atoms with Gasteiger partial charge in [-0.1, -0.05) is 6.07 Å². The fourth-order valence-electron chi connectivity index (χ4n) is 3.71. The Morgan fingerprint density at radius 3 is 2.41 bits per heavy atom. The van der Waals surface area contributed by atoms with E-state index in [9.17, 15) is 18.0 Å². The highest BCUT2D eigenvalue weighted by atomic mass is 19.4. The predicted octanol–water partition coefficient (Wildman–Crippen LogP) is 4.31. The summed E-state index contributed by atoms with van der Waals surface area (Å²) in [6.07, 6.45) is -4.80. The number of hydrogen-bond acceptors (Lipinski definition) is 6. The lowest BCUT2D eigenvalue weighted by molar-refractivity contribution is -0.136. The highest BCUT2D eigenvalue weighted by molar-refractivity contribution is 5.91. The summed E-state index contributed by atoms with van der Waals surface area (Å²) >= 11 is 0. The molecule has 0 spiro atoms. The van der Waals surface area contributed by atoms with Crippen LogP contribution in [0, 0.1) is 6.92 Å². The van der Waals surface area contributed by atoms with E-state index in [1.807, 2.05) is 27.7 Å². The molecule has 2 heterocycles. The first-order valence-corrected chi connectivity index (χ1v) is 10.6. The second-order valence-corrected chi connectivity index (χ2v) is 9.13. The Morgan fingerprint density at radius 2 is 1.81 bits per heavy atom. The Morgan fingerprint density at radius 1 is 1.16 bits per heavy atom. The van der Waals surface area contributed by atoms with Crippen molar-refractivity contribution in [2.24, 2.45) is 0 Å². The van der Waals surface area contributed by atoms with E-state index in [0.717, 1.165) is 6.07 Å². The molecule has 0 unspecified atom stereocenters. The molecule has 1 atom stereocenters. The van der Waals surface area contributed by atoms with Gasteiger partial charge in [0.05, 0.1) is 11.1 Å². The molecule has 7 nitrogen and oxygen atoms in total. The van der Waals surface area contributed by atoms with Crippen molar-refractivity contribution in [2.45, 2.75) is 52.4 Å². The van der Waals surface area contributed by atoms with E-state index in [2.05, 4.69) is 20.2 Å². The van der Waals surface area contributed by atoms with Crippen molar-refractivity contribution >= 4 is 22.8 Å². The first kappa shape index (κ1) is 24.0. The Balaban J connectivity index is 1.65. The van der Waals surface area contributed by atoms with Crippen LogP contribution in [0.1, 0.15) is 39.1 Å². The molecular weight excluding hydrogens is 423 g/mol. The van der Waals surface area contributed by atoms with Gasteiger partial charge in [-0.15, -0.1) is 0 Å². The Labute approximate surface area is 185 Å². The molecule has 1 amide bonds. The summed E-state index contributed by atoms with van der Waals surface area (Å²) < 4.78 is 45.6. The quantitative estimate of drug-likeness (QED) is 0.744. The van der Waals surface area contributed by atoms with Crippen LogP contribution < -0.4 is 5.32 Å². The number of alkyl halides is 3. The number of amides is 1. The number of nitrogens with zero attached hydrogens (tertiary/aromatic N) is 4. The largest absolute Gasteiger partial charge is 0.444 e. The summed E-state index contributed by atoms with van der Waals surface area (Å²) in [5.41, 5.74) is -1.40. The van der Waals surface area contributed by atoms with Gasteiger partial charge < -0.3 is 15.0 Å². The van der Waals surface area contributed by atoms with Gasteiger partial charge >= 0.3 is 12.3 Å². The lowest BCUT2D eigenvalue weighted by Crippen LogP contribution is -2.51. The van der Waals surface area contributed by atoms with Gasteiger partial charge in [-0.3, -0.25) is 4.90 Å². The highest BCUT2D eigenvalue weighted by Crippen LogP contribution is 2.35. The van der Waals surface area contributed by atoms with E-state index in [1.54, 1.807) is 17.9 Å². The van der Waals surface area contributed by atoms with Gasteiger partial charge in [0.25, 0.3) is 0 Å². The Hall–Kier alpha value is -2.62. The molecule has 0 radical (unpaired) electrons. The maximum atomic E-state index is 13.4. The number of fused-ring (bicyclic) bond motifs is 1. The van der Waals surface area contributed by atoms with Gasteiger partial charge in [0.15, 0.2) is 0 Å². The number of aromatic nitrogens is 2. The summed E-state index contributed by atoms with van der Waals surface area (Å²) in [6, 6.07) is 3.93. The number of carbonyl (C=O) groups excluding carboxylic acids is 1. The van der Waals surface area contributed by atoms with Gasteiger partial charge in [-0.25, -0.2) is 14.8 Å². The highest BCUT2D eigenvalue weighted by Gasteiger charge is 2.34. The molecule has 1 aromatic heterocycles. The van der Waals surface area contributed by atoms with Crippen LogP contribution in [-0.4, -0.2) is 70.2 Å². The van der Waals surface area contributed by atoms with E-state index in [0.29, 0.717) is 43.9 Å². The van der Waals surface area contributed by atoms with Gasteiger partial charge in [0.2, 0.25) is 0 Å². The minimum atomic E-state index is -4.49. The molecule has 0 saturated carbocycles. The molecule has 1 N–H and O–H groups in total. The van der Waals surface area contributed by atoms with Gasteiger partial charge in [0.1, 0.15) is 17.2 Å². The number of hydrogen-bond donors (Lipinski definition) is 1. The summed E-state index contributed by atoms with van der Waals surface area (Å²) in [6.45, 7) is 12.2. The maximum Gasteiger partial charge on any atom is 0.418 e. The summed E-state index contributed by atoms with van der Waals surface area (Å²) in [5.74, 6) is 0.661. The second-order valence-electron chi connectivity index (χ2n) is 9.13. The maximum absolute atomic E-state index is 13.4. The molecule has 1 aliphatic heterocycles. The second kappa shape index (κ2) is 9.09. The fourth-order valence-corrected chi connectivity index (χ4v) is 3.71. The molecule has 1 aliphatic rings. The van der Waals surface area contributed by atoms with E-state index in [1.165, 1.54) is 6.07 Å². The number of benzene rings is 1. The van der Waals surface area contributed by atoms with Crippen LogP contribution in [0.25, 0.3) is 10.9 Å². The number of piperazine rings is 1. The minimum Gasteiger partial charge on any atom is -0.444 e. The van der Waals surface area contributed by atoms with Crippen molar-refractivity contribution in [2.75, 3.05) is 38.0 Å². The fraction of sp³-hybridized carbons (Fsp3) is 0.591. The zero-order chi connectivity index (χ0) is 23.7. The molecule has 0 bridgehead atoms. The molecule has 3 rings (SSSR count).